The zero-order valence-corrected chi connectivity index (χ0v) is 18.0. The van der Waals surface area contributed by atoms with Gasteiger partial charge in [-0.3, -0.25) is 5.32 Å². The minimum Gasteiger partial charge on any atom is -0.471 e. The highest BCUT2D eigenvalue weighted by molar-refractivity contribution is 5.89. The molecule has 0 aromatic heterocycles. The molecule has 2 atom stereocenters. The summed E-state index contributed by atoms with van der Waals surface area (Å²) >= 11 is 0. The number of ether oxygens (including phenoxy) is 1. The Kier molecular flexibility index (Phi) is 4.60. The maximum absolute atomic E-state index is 6.52. The molecule has 0 amide bonds. The van der Waals surface area contributed by atoms with Gasteiger partial charge in [0.2, 0.25) is 0 Å². The highest BCUT2D eigenvalue weighted by Gasteiger charge is 2.31. The van der Waals surface area contributed by atoms with Crippen molar-refractivity contribution < 1.29 is 4.74 Å². The summed E-state index contributed by atoms with van der Waals surface area (Å²) in [6.07, 6.45) is -0.190. The molecule has 0 saturated heterocycles. The van der Waals surface area contributed by atoms with Crippen molar-refractivity contribution in [3.05, 3.63) is 112 Å². The first-order chi connectivity index (χ1) is 14.5. The Balaban J connectivity index is 1.69. The lowest BCUT2D eigenvalue weighted by Crippen LogP contribution is -2.35. The van der Waals surface area contributed by atoms with Gasteiger partial charge in [0, 0.05) is 11.1 Å². The maximum Gasteiger partial charge on any atom is 0.177 e. The molecule has 2 heteroatoms. The third-order valence-corrected chi connectivity index (χ3v) is 6.48. The molecule has 0 spiro atoms. The van der Waals surface area contributed by atoms with E-state index in [2.05, 4.69) is 106 Å². The predicted molar refractivity (Wildman–Crippen MR) is 124 cm³/mol. The van der Waals surface area contributed by atoms with Crippen LogP contribution < -0.4 is 10.1 Å². The molecule has 150 valence electrons. The Morgan fingerprint density at radius 2 is 1.33 bits per heavy atom. The molecule has 0 bridgehead atoms. The molecule has 0 aliphatic carbocycles. The Hall–Kier alpha value is -3.10. The standard InChI is InChI=1S/C28H27NO/c1-17-9-11-22(15-19(17)3)27-26-24-8-6-5-7-21(24)13-14-25(26)30-28(29-27)23-12-10-18(2)20(4)16-23/h5-16,27-29H,1-4H3. The van der Waals surface area contributed by atoms with E-state index in [1.807, 2.05) is 0 Å². The van der Waals surface area contributed by atoms with Crippen LogP contribution in [0.15, 0.2) is 72.8 Å². The molecule has 4 aromatic carbocycles. The SMILES string of the molecule is Cc1ccc(C2NC(c3ccc(C)c(C)c3)c3c(ccc4ccccc34)O2)cc1C. The van der Waals surface area contributed by atoms with E-state index in [0.717, 1.165) is 11.3 Å². The van der Waals surface area contributed by atoms with Gasteiger partial charge in [0.1, 0.15) is 5.75 Å². The van der Waals surface area contributed by atoms with Crippen molar-refractivity contribution in [3.63, 3.8) is 0 Å². The minimum absolute atomic E-state index is 0.0609. The van der Waals surface area contributed by atoms with Gasteiger partial charge in [0.05, 0.1) is 6.04 Å². The van der Waals surface area contributed by atoms with E-state index in [1.54, 1.807) is 0 Å². The average Bonchev–Trinajstić information content (AvgIpc) is 2.76. The zero-order chi connectivity index (χ0) is 20.8. The minimum atomic E-state index is -0.190. The summed E-state index contributed by atoms with van der Waals surface area (Å²) in [5.41, 5.74) is 8.85. The summed E-state index contributed by atoms with van der Waals surface area (Å²) in [5.74, 6) is 0.957. The summed E-state index contributed by atoms with van der Waals surface area (Å²) in [4.78, 5) is 0. The topological polar surface area (TPSA) is 21.3 Å². The molecule has 1 N–H and O–H groups in total. The Morgan fingerprint density at radius 1 is 0.667 bits per heavy atom. The van der Waals surface area contributed by atoms with Crippen LogP contribution in [0.3, 0.4) is 0 Å². The highest BCUT2D eigenvalue weighted by Crippen LogP contribution is 2.43. The van der Waals surface area contributed by atoms with Gasteiger partial charge in [-0.2, -0.15) is 0 Å². The lowest BCUT2D eigenvalue weighted by molar-refractivity contribution is 0.133. The fourth-order valence-electron chi connectivity index (χ4n) is 4.37. The van der Waals surface area contributed by atoms with Crippen LogP contribution in [0.5, 0.6) is 5.75 Å². The van der Waals surface area contributed by atoms with Gasteiger partial charge in [-0.15, -0.1) is 0 Å². The molecule has 5 rings (SSSR count). The zero-order valence-electron chi connectivity index (χ0n) is 18.0. The fourth-order valence-corrected chi connectivity index (χ4v) is 4.37. The molecular weight excluding hydrogens is 366 g/mol. The number of aryl methyl sites for hydroxylation is 4. The summed E-state index contributed by atoms with van der Waals surface area (Å²) in [6, 6.07) is 26.3. The normalized spacial score (nSPS) is 18.1. The number of benzene rings is 4. The molecule has 0 fully saturated rings. The Bertz CT molecular complexity index is 1260. The van der Waals surface area contributed by atoms with Crippen LogP contribution in [-0.2, 0) is 0 Å². The molecular formula is C28H27NO. The molecule has 1 heterocycles. The van der Waals surface area contributed by atoms with Gasteiger partial charge in [-0.1, -0.05) is 66.7 Å². The largest absolute Gasteiger partial charge is 0.471 e. The summed E-state index contributed by atoms with van der Waals surface area (Å²) < 4.78 is 6.52. The van der Waals surface area contributed by atoms with Crippen LogP contribution in [0, 0.1) is 27.7 Å². The molecule has 1 aliphatic rings. The van der Waals surface area contributed by atoms with Crippen molar-refractivity contribution in [3.8, 4) is 5.75 Å². The quantitative estimate of drug-likeness (QED) is 0.402. The van der Waals surface area contributed by atoms with Gasteiger partial charge < -0.3 is 4.74 Å². The lowest BCUT2D eigenvalue weighted by atomic mass is 9.89. The van der Waals surface area contributed by atoms with Crippen molar-refractivity contribution in [1.82, 2.24) is 5.32 Å². The summed E-state index contributed by atoms with van der Waals surface area (Å²) in [5, 5.41) is 6.28. The van der Waals surface area contributed by atoms with Crippen LogP contribution in [-0.4, -0.2) is 0 Å². The van der Waals surface area contributed by atoms with E-state index in [1.165, 1.54) is 44.2 Å². The van der Waals surface area contributed by atoms with Crippen molar-refractivity contribution in [2.45, 2.75) is 40.0 Å². The van der Waals surface area contributed by atoms with Crippen molar-refractivity contribution in [2.75, 3.05) is 0 Å². The Morgan fingerprint density at radius 3 is 2.07 bits per heavy atom. The second-order valence-electron chi connectivity index (χ2n) is 8.48. The van der Waals surface area contributed by atoms with Crippen LogP contribution in [0.4, 0.5) is 0 Å². The van der Waals surface area contributed by atoms with E-state index < -0.39 is 0 Å². The molecule has 1 aliphatic heterocycles. The monoisotopic (exact) mass is 393 g/mol. The van der Waals surface area contributed by atoms with Gasteiger partial charge >= 0.3 is 0 Å². The van der Waals surface area contributed by atoms with E-state index in [9.17, 15) is 0 Å². The third kappa shape index (κ3) is 3.18. The smallest absolute Gasteiger partial charge is 0.177 e. The van der Waals surface area contributed by atoms with Crippen LogP contribution in [0.1, 0.15) is 51.2 Å². The number of nitrogens with one attached hydrogen (secondary N) is 1. The summed E-state index contributed by atoms with van der Waals surface area (Å²) in [6.45, 7) is 8.65. The van der Waals surface area contributed by atoms with E-state index in [-0.39, 0.29) is 12.3 Å². The molecule has 4 aromatic rings. The molecule has 30 heavy (non-hydrogen) atoms. The fraction of sp³-hybridized carbons (Fsp3) is 0.214. The predicted octanol–water partition coefficient (Wildman–Crippen LogP) is 6.84. The second kappa shape index (κ2) is 7.30. The second-order valence-corrected chi connectivity index (χ2v) is 8.48. The number of fused-ring (bicyclic) bond motifs is 3. The maximum atomic E-state index is 6.52. The first kappa shape index (κ1) is 18.9. The van der Waals surface area contributed by atoms with Crippen molar-refractivity contribution in [1.29, 1.82) is 0 Å². The Labute approximate surface area is 178 Å². The van der Waals surface area contributed by atoms with Gasteiger partial charge in [-0.25, -0.2) is 0 Å². The van der Waals surface area contributed by atoms with E-state index in [4.69, 9.17) is 4.74 Å². The third-order valence-electron chi connectivity index (χ3n) is 6.48. The van der Waals surface area contributed by atoms with Crippen molar-refractivity contribution >= 4 is 10.8 Å². The number of rotatable bonds is 2. The first-order valence-corrected chi connectivity index (χ1v) is 10.6. The molecule has 0 radical (unpaired) electrons. The molecule has 2 nitrogen and oxygen atoms in total. The molecule has 2 unspecified atom stereocenters. The average molecular weight is 394 g/mol. The lowest BCUT2D eigenvalue weighted by Gasteiger charge is -2.35. The summed E-state index contributed by atoms with van der Waals surface area (Å²) in [7, 11) is 0. The number of hydrogen-bond donors (Lipinski definition) is 1. The van der Waals surface area contributed by atoms with E-state index >= 15 is 0 Å². The van der Waals surface area contributed by atoms with Crippen LogP contribution in [0.2, 0.25) is 0 Å². The van der Waals surface area contributed by atoms with Crippen LogP contribution >= 0.6 is 0 Å². The van der Waals surface area contributed by atoms with E-state index in [0.29, 0.717) is 0 Å². The van der Waals surface area contributed by atoms with Gasteiger partial charge in [0.15, 0.2) is 6.23 Å². The van der Waals surface area contributed by atoms with Gasteiger partial charge in [-0.05, 0) is 72.4 Å². The van der Waals surface area contributed by atoms with Crippen LogP contribution in [0.25, 0.3) is 10.8 Å². The first-order valence-electron chi connectivity index (χ1n) is 10.6. The number of hydrogen-bond acceptors (Lipinski definition) is 2. The highest BCUT2D eigenvalue weighted by atomic mass is 16.5. The van der Waals surface area contributed by atoms with Gasteiger partial charge in [0.25, 0.3) is 0 Å². The van der Waals surface area contributed by atoms with Crippen molar-refractivity contribution in [2.24, 2.45) is 0 Å². The molecule has 0 saturated carbocycles.